The number of sulfone groups is 4. The van der Waals surface area contributed by atoms with Crippen LogP contribution in [0.25, 0.3) is 0 Å². The van der Waals surface area contributed by atoms with E-state index in [4.69, 9.17) is 0 Å². The second kappa shape index (κ2) is 10.1. The first-order chi connectivity index (χ1) is 15.4. The minimum Gasteiger partial charge on any atom is -0.386 e. The lowest BCUT2D eigenvalue weighted by Crippen LogP contribution is -2.70. The van der Waals surface area contributed by atoms with Gasteiger partial charge in [-0.05, 0) is 0 Å². The Bertz CT molecular complexity index is 1270. The van der Waals surface area contributed by atoms with Crippen molar-refractivity contribution >= 4 is 51.2 Å². The maximum absolute atomic E-state index is 13.2. The van der Waals surface area contributed by atoms with Gasteiger partial charge in [-0.3, -0.25) is 9.59 Å². The molecule has 34 heavy (non-hydrogen) atoms. The van der Waals surface area contributed by atoms with Gasteiger partial charge in [0.05, 0.1) is 5.75 Å². The van der Waals surface area contributed by atoms with Crippen molar-refractivity contribution in [2.45, 2.75) is 11.1 Å². The molecular weight excluding hydrogens is 536 g/mol. The molecule has 1 heterocycles. The summed E-state index contributed by atoms with van der Waals surface area (Å²) in [4.78, 5) is 23.2. The highest BCUT2D eigenvalue weighted by atomic mass is 32.2. The average molecular weight is 561 g/mol. The van der Waals surface area contributed by atoms with Gasteiger partial charge < -0.3 is 14.9 Å². The Hall–Kier alpha value is -2.34. The SMILES string of the molecule is C=CS(=O)(=O)CC(=O)N1CCN(C(=O)CS(=O)(=O)C=C)C1(C(O)CS(=O)(=O)C=C)S(=O)(=O)C=C. The van der Waals surface area contributed by atoms with E-state index < -0.39 is 92.6 Å². The molecule has 1 rings (SSSR count). The molecule has 0 aromatic heterocycles. The van der Waals surface area contributed by atoms with Crippen molar-refractivity contribution in [2.75, 3.05) is 30.3 Å². The number of aliphatic hydroxyl groups excluding tert-OH is 1. The zero-order chi connectivity index (χ0) is 26.8. The normalized spacial score (nSPS) is 17.6. The van der Waals surface area contributed by atoms with Gasteiger partial charge in [0.1, 0.15) is 17.6 Å². The van der Waals surface area contributed by atoms with Crippen molar-refractivity contribution < 1.29 is 48.4 Å². The maximum Gasteiger partial charge on any atom is 0.253 e. The van der Waals surface area contributed by atoms with Crippen molar-refractivity contribution in [1.29, 1.82) is 0 Å². The monoisotopic (exact) mass is 560 g/mol. The Morgan fingerprint density at radius 1 is 0.735 bits per heavy atom. The lowest BCUT2D eigenvalue weighted by atomic mass is 10.2. The van der Waals surface area contributed by atoms with Gasteiger partial charge in [-0.25, -0.2) is 33.7 Å². The molecule has 2 amide bonds. The number of carbonyl (C=O) groups excluding carboxylic acids is 2. The van der Waals surface area contributed by atoms with E-state index in [-0.39, 0.29) is 5.41 Å². The summed E-state index contributed by atoms with van der Waals surface area (Å²) in [6.45, 7) is 10.8. The molecule has 1 unspecified atom stereocenters. The summed E-state index contributed by atoms with van der Waals surface area (Å²) in [7, 11) is -18.0. The van der Waals surface area contributed by atoms with E-state index in [1.54, 1.807) is 0 Å². The van der Waals surface area contributed by atoms with Crippen LogP contribution in [-0.4, -0.2) is 102 Å². The Labute approximate surface area is 198 Å². The number of aliphatic hydroxyl groups is 1. The topological polar surface area (TPSA) is 197 Å². The average Bonchev–Trinajstić information content (AvgIpc) is 3.15. The van der Waals surface area contributed by atoms with E-state index in [2.05, 4.69) is 26.3 Å². The zero-order valence-corrected chi connectivity index (χ0v) is 21.1. The third-order valence-electron chi connectivity index (χ3n) is 4.80. The van der Waals surface area contributed by atoms with Crippen LogP contribution in [0, 0.1) is 0 Å². The van der Waals surface area contributed by atoms with Crippen LogP contribution in [0.4, 0.5) is 0 Å². The van der Waals surface area contributed by atoms with Crippen LogP contribution < -0.4 is 0 Å². The summed E-state index contributed by atoms with van der Waals surface area (Å²) in [5.74, 6) is -6.90. The molecule has 0 bridgehead atoms. The van der Waals surface area contributed by atoms with Crippen LogP contribution in [0.5, 0.6) is 0 Å². The van der Waals surface area contributed by atoms with Crippen molar-refractivity contribution in [3.8, 4) is 0 Å². The van der Waals surface area contributed by atoms with Gasteiger partial charge in [-0.1, -0.05) is 26.3 Å². The number of hydrogen-bond donors (Lipinski definition) is 1. The fourth-order valence-electron chi connectivity index (χ4n) is 3.27. The van der Waals surface area contributed by atoms with Gasteiger partial charge in [-0.15, -0.1) is 0 Å². The van der Waals surface area contributed by atoms with E-state index in [0.29, 0.717) is 26.0 Å². The predicted molar refractivity (Wildman–Crippen MR) is 123 cm³/mol. The van der Waals surface area contributed by atoms with E-state index >= 15 is 0 Å². The Balaban J connectivity index is 3.94. The molecule has 0 aromatic rings. The van der Waals surface area contributed by atoms with Crippen LogP contribution in [0.2, 0.25) is 0 Å². The van der Waals surface area contributed by atoms with Gasteiger partial charge >= 0.3 is 0 Å². The van der Waals surface area contributed by atoms with E-state index in [1.807, 2.05) is 0 Å². The molecule has 0 saturated carbocycles. The summed E-state index contributed by atoms with van der Waals surface area (Å²) in [5.41, 5.74) is 0. The van der Waals surface area contributed by atoms with Gasteiger partial charge in [0.25, 0.3) is 4.99 Å². The maximum atomic E-state index is 13.2. The van der Waals surface area contributed by atoms with Crippen LogP contribution in [0.15, 0.2) is 47.9 Å². The summed E-state index contributed by atoms with van der Waals surface area (Å²) in [6, 6.07) is 0. The molecule has 1 aliphatic rings. The lowest BCUT2D eigenvalue weighted by Gasteiger charge is -2.44. The standard InChI is InChI=1S/C17H24N2O11S4/c1-5-31(23,24)11-14(20)17(34(29,30)8-4)18(15(21)12-32(25,26)6-2)9-10-19(17)16(22)13-33(27,28)7-3/h5-8,14,20H,1-4,9-13H2. The quantitative estimate of drug-likeness (QED) is 0.274. The first-order valence-electron chi connectivity index (χ1n) is 9.08. The van der Waals surface area contributed by atoms with Gasteiger partial charge in [0.15, 0.2) is 29.5 Å². The van der Waals surface area contributed by atoms with Crippen molar-refractivity contribution in [1.82, 2.24) is 9.80 Å². The molecule has 1 N–H and O–H groups in total. The number of carbonyl (C=O) groups is 2. The summed E-state index contributed by atoms with van der Waals surface area (Å²) in [6.07, 6.45) is -2.59. The molecule has 1 fully saturated rings. The first kappa shape index (κ1) is 29.7. The molecule has 0 radical (unpaired) electrons. The minimum atomic E-state index is -5.07. The Morgan fingerprint density at radius 3 is 1.38 bits per heavy atom. The number of amides is 2. The fourth-order valence-corrected chi connectivity index (χ4v) is 7.12. The third kappa shape index (κ3) is 5.83. The zero-order valence-electron chi connectivity index (χ0n) is 17.8. The number of hydrogen-bond acceptors (Lipinski definition) is 11. The number of rotatable bonds is 12. The minimum absolute atomic E-state index is 0.229. The molecule has 192 valence electrons. The first-order valence-corrected chi connectivity index (χ1v) is 15.8. The summed E-state index contributed by atoms with van der Waals surface area (Å²) >= 11 is 0. The van der Waals surface area contributed by atoms with E-state index in [1.165, 1.54) is 0 Å². The second-order valence-electron chi connectivity index (χ2n) is 6.92. The van der Waals surface area contributed by atoms with Crippen LogP contribution in [0.3, 0.4) is 0 Å². The molecule has 1 aliphatic heterocycles. The smallest absolute Gasteiger partial charge is 0.253 e. The molecule has 1 saturated heterocycles. The molecule has 0 aliphatic carbocycles. The molecule has 17 heteroatoms. The Kier molecular flexibility index (Phi) is 8.83. The van der Waals surface area contributed by atoms with Crippen molar-refractivity contribution in [3.05, 3.63) is 47.9 Å². The highest BCUT2D eigenvalue weighted by Crippen LogP contribution is 2.38. The van der Waals surface area contributed by atoms with Crippen molar-refractivity contribution in [3.63, 3.8) is 0 Å². The van der Waals surface area contributed by atoms with Gasteiger partial charge in [-0.2, -0.15) is 0 Å². The van der Waals surface area contributed by atoms with E-state index in [0.717, 1.165) is 0 Å². The molecule has 0 spiro atoms. The highest BCUT2D eigenvalue weighted by molar-refractivity contribution is 7.96. The number of nitrogens with zero attached hydrogens (tertiary/aromatic N) is 2. The van der Waals surface area contributed by atoms with Gasteiger partial charge in [0.2, 0.25) is 21.7 Å². The third-order valence-corrected chi connectivity index (χ3v) is 10.4. The summed E-state index contributed by atoms with van der Waals surface area (Å²) < 4.78 is 98.3. The van der Waals surface area contributed by atoms with Crippen molar-refractivity contribution in [2.24, 2.45) is 0 Å². The van der Waals surface area contributed by atoms with Crippen LogP contribution >= 0.6 is 0 Å². The van der Waals surface area contributed by atoms with Gasteiger partial charge in [0, 0.05) is 34.7 Å². The largest absolute Gasteiger partial charge is 0.386 e. The Morgan fingerprint density at radius 2 is 1.09 bits per heavy atom. The molecular formula is C17H24N2O11S4. The molecule has 0 aromatic carbocycles. The second-order valence-corrected chi connectivity index (χ2v) is 14.8. The van der Waals surface area contributed by atoms with Crippen LogP contribution in [-0.2, 0) is 48.9 Å². The molecule has 1 atom stereocenters. The van der Waals surface area contributed by atoms with E-state index in [9.17, 15) is 48.4 Å². The predicted octanol–water partition coefficient (Wildman–Crippen LogP) is -2.09. The summed E-state index contributed by atoms with van der Waals surface area (Å²) in [5, 5.41) is 12.4. The van der Waals surface area contributed by atoms with Crippen LogP contribution in [0.1, 0.15) is 0 Å². The molecule has 13 nitrogen and oxygen atoms in total. The lowest BCUT2D eigenvalue weighted by molar-refractivity contribution is -0.144. The highest BCUT2D eigenvalue weighted by Gasteiger charge is 2.64. The fraction of sp³-hybridized carbons (Fsp3) is 0.412.